The molecule has 10 amide bonds. The molecule has 1 saturated heterocycles. The number of carbonyl (C=O) groups excluding carboxylic acids is 11. The number of hydrogen-bond acceptors (Lipinski definition) is 15. The van der Waals surface area contributed by atoms with E-state index in [2.05, 4.69) is 41.9 Å². The van der Waals surface area contributed by atoms with Gasteiger partial charge in [-0.05, 0) is 103 Å². The van der Waals surface area contributed by atoms with Crippen LogP contribution in [0.5, 0.6) is 5.75 Å². The van der Waals surface area contributed by atoms with Gasteiger partial charge in [0.1, 0.15) is 48.0 Å². The van der Waals surface area contributed by atoms with E-state index in [1.165, 1.54) is 11.0 Å². The Morgan fingerprint density at radius 2 is 1.02 bits per heavy atom. The van der Waals surface area contributed by atoms with E-state index in [9.17, 15) is 57.8 Å². The van der Waals surface area contributed by atoms with Gasteiger partial charge in [0, 0.05) is 50.0 Å². The SMILES string of the molecule is NC(=O)CC[C@H](NC(=O)[C@H](Cc1ccccc1)NC(=O)[C@@H](N)Cc1ccc(C(=O)c2ccccc2)cc1)C(=O)N[C@@H](CC(N)=O)C(=O)N[C@@H](CCCN=C(N)N)C(=O)N1CCC[C@H]1C(=O)N[C@@H](CCCN=C(N)N)C(=O)N[C@@H](Cc1ccc(O)c(I)c1)C(N)=O. The number of carbonyl (C=O) groups is 11. The molecule has 1 heterocycles. The minimum Gasteiger partial charge on any atom is -0.507 e. The summed E-state index contributed by atoms with van der Waals surface area (Å²) >= 11 is 1.90. The number of ketones is 1. The van der Waals surface area contributed by atoms with Crippen molar-refractivity contribution in [2.75, 3.05) is 19.6 Å². The number of rotatable bonds is 35. The van der Waals surface area contributed by atoms with Crippen LogP contribution in [0, 0.1) is 3.57 Å². The molecule has 1 aliphatic rings. The fourth-order valence-corrected chi connectivity index (χ4v) is 10.3. The number of amides is 10. The van der Waals surface area contributed by atoms with Gasteiger partial charge in [-0.25, -0.2) is 0 Å². The number of hydrogen-bond donors (Lipinski definition) is 15. The molecule has 0 saturated carbocycles. The second-order valence-corrected chi connectivity index (χ2v) is 22.6. The van der Waals surface area contributed by atoms with Gasteiger partial charge in [-0.2, -0.15) is 0 Å². The molecule has 0 aromatic heterocycles. The fraction of sp³-hybridized carbons (Fsp3) is 0.383. The molecule has 0 radical (unpaired) electrons. The molecule has 90 heavy (non-hydrogen) atoms. The summed E-state index contributed by atoms with van der Waals surface area (Å²) in [5, 5.41) is 25.5. The summed E-state index contributed by atoms with van der Waals surface area (Å²) in [6, 6.07) is 16.8. The monoisotopic (exact) mass is 1360 g/mol. The Morgan fingerprint density at radius 1 is 0.533 bits per heavy atom. The molecular formula is C60H78IN17O12. The van der Waals surface area contributed by atoms with Crippen LogP contribution in [-0.2, 0) is 67.2 Å². The highest BCUT2D eigenvalue weighted by atomic mass is 127. The number of halogens is 1. The highest BCUT2D eigenvalue weighted by Crippen LogP contribution is 2.23. The van der Waals surface area contributed by atoms with Crippen LogP contribution in [0.1, 0.15) is 90.4 Å². The van der Waals surface area contributed by atoms with Crippen LogP contribution < -0.4 is 77.8 Å². The largest absolute Gasteiger partial charge is 0.507 e. The lowest BCUT2D eigenvalue weighted by atomic mass is 9.99. The number of aromatic hydroxyl groups is 1. The van der Waals surface area contributed by atoms with Crippen molar-refractivity contribution >= 4 is 99.4 Å². The number of phenols is 1. The average Bonchev–Trinajstić information content (AvgIpc) is 2.70. The molecule has 0 bridgehead atoms. The van der Waals surface area contributed by atoms with Gasteiger partial charge >= 0.3 is 0 Å². The molecule has 4 aromatic carbocycles. The molecule has 4 aromatic rings. The zero-order chi connectivity index (χ0) is 66.0. The van der Waals surface area contributed by atoms with Gasteiger partial charge in [0.05, 0.1) is 16.0 Å². The number of phenolic OH excluding ortho intramolecular Hbond substituents is 1. The standard InChI is InChI=1S/C60H78IN17O12/c61-38-28-35(19-23-47(38)79)31-43(51(65)83)75-53(85)40(14-7-25-70-59(66)67)73-57(89)46-16-9-27-78(46)58(90)42(15-8-26-71-60(68)69)74-56(88)45(32-49(64)81)77-54(86)41(22-24-48(63)80)72-55(87)44(30-33-10-3-1-4-11-33)76-52(84)39(62)29-34-17-20-37(21-18-34)50(82)36-12-5-2-6-13-36/h1-6,10-13,17-21,23,28,39-46,79H,7-9,14-16,22,24-27,29-32,62H2,(H2,63,80)(H2,64,81)(H2,65,83)(H,72,87)(H,73,89)(H,74,88)(H,75,85)(H,76,84)(H,77,86)(H4,66,67,70)(H4,68,69,71)/t39-,40-,41-,42-,43-,44-,45-,46-/m0/s1. The molecule has 29 nitrogen and oxygen atoms in total. The predicted molar refractivity (Wildman–Crippen MR) is 340 cm³/mol. The molecule has 23 N–H and O–H groups in total. The summed E-state index contributed by atoms with van der Waals surface area (Å²) < 4.78 is 0.478. The molecule has 482 valence electrons. The summed E-state index contributed by atoms with van der Waals surface area (Å²) in [6.45, 7) is 0.00177. The second-order valence-electron chi connectivity index (χ2n) is 21.4. The van der Waals surface area contributed by atoms with E-state index in [0.29, 0.717) is 31.4 Å². The maximum atomic E-state index is 14.7. The van der Waals surface area contributed by atoms with E-state index < -0.39 is 127 Å². The quantitative estimate of drug-likeness (QED) is 0.00728. The zero-order valence-electron chi connectivity index (χ0n) is 49.3. The highest BCUT2D eigenvalue weighted by Gasteiger charge is 2.40. The predicted octanol–water partition coefficient (Wildman–Crippen LogP) is -2.78. The molecule has 0 unspecified atom stereocenters. The third kappa shape index (κ3) is 23.1. The van der Waals surface area contributed by atoms with Crippen molar-refractivity contribution in [1.82, 2.24) is 36.8 Å². The molecule has 5 rings (SSSR count). The van der Waals surface area contributed by atoms with Crippen molar-refractivity contribution < 1.29 is 57.8 Å². The van der Waals surface area contributed by atoms with Crippen LogP contribution in [0.4, 0.5) is 0 Å². The number of nitrogens with two attached hydrogens (primary N) is 8. The number of primary amides is 3. The average molecular weight is 1360 g/mol. The van der Waals surface area contributed by atoms with Crippen LogP contribution in [0.15, 0.2) is 113 Å². The first kappa shape index (κ1) is 71.0. The van der Waals surface area contributed by atoms with Gasteiger partial charge in [-0.3, -0.25) is 62.7 Å². The normalized spacial score (nSPS) is 14.9. The maximum Gasteiger partial charge on any atom is 0.245 e. The van der Waals surface area contributed by atoms with E-state index >= 15 is 0 Å². The highest BCUT2D eigenvalue weighted by molar-refractivity contribution is 14.1. The smallest absolute Gasteiger partial charge is 0.245 e. The third-order valence-corrected chi connectivity index (χ3v) is 15.3. The van der Waals surface area contributed by atoms with Crippen molar-refractivity contribution in [3.05, 3.63) is 135 Å². The zero-order valence-corrected chi connectivity index (χ0v) is 51.5. The summed E-state index contributed by atoms with van der Waals surface area (Å²) in [6.07, 6.45) is -1.61. The molecule has 0 spiro atoms. The van der Waals surface area contributed by atoms with E-state index in [1.807, 2.05) is 22.6 Å². The first-order chi connectivity index (χ1) is 42.8. The number of nitrogens with one attached hydrogen (secondary N) is 6. The van der Waals surface area contributed by atoms with Gasteiger partial charge in [-0.1, -0.05) is 91.0 Å². The fourth-order valence-electron chi connectivity index (χ4n) is 9.73. The van der Waals surface area contributed by atoms with Gasteiger partial charge < -0.3 is 87.8 Å². The summed E-state index contributed by atoms with van der Waals surface area (Å²) in [7, 11) is 0. The first-order valence-electron chi connectivity index (χ1n) is 28.8. The van der Waals surface area contributed by atoms with Crippen molar-refractivity contribution in [3.63, 3.8) is 0 Å². The van der Waals surface area contributed by atoms with E-state index in [0.717, 1.165) is 0 Å². The van der Waals surface area contributed by atoms with E-state index in [1.54, 1.807) is 97.1 Å². The lowest BCUT2D eigenvalue weighted by molar-refractivity contribution is -0.143. The Kier molecular flexibility index (Phi) is 27.9. The van der Waals surface area contributed by atoms with Gasteiger partial charge in [0.15, 0.2) is 17.7 Å². The molecular weight excluding hydrogens is 1280 g/mol. The number of aliphatic imine (C=N–C) groups is 2. The lowest BCUT2D eigenvalue weighted by Crippen LogP contribution is -2.60. The molecule has 0 aliphatic carbocycles. The Hall–Kier alpha value is -9.72. The van der Waals surface area contributed by atoms with Crippen LogP contribution in [0.2, 0.25) is 0 Å². The van der Waals surface area contributed by atoms with Gasteiger partial charge in [0.2, 0.25) is 59.1 Å². The summed E-state index contributed by atoms with van der Waals surface area (Å²) in [5.41, 5.74) is 47.9. The number of nitrogens with zero attached hydrogens (tertiary/aromatic N) is 3. The number of guanidine groups is 2. The topological polar surface area (TPSA) is 516 Å². The van der Waals surface area contributed by atoms with Crippen LogP contribution in [0.3, 0.4) is 0 Å². The van der Waals surface area contributed by atoms with E-state index in [-0.39, 0.29) is 101 Å². The minimum absolute atomic E-state index is 0.0000373. The van der Waals surface area contributed by atoms with Crippen LogP contribution in [0.25, 0.3) is 0 Å². The Balaban J connectivity index is 1.34. The number of benzene rings is 4. The molecule has 8 atom stereocenters. The molecule has 1 aliphatic heterocycles. The van der Waals surface area contributed by atoms with Gasteiger partial charge in [0.25, 0.3) is 0 Å². The second kappa shape index (κ2) is 35.3. The minimum atomic E-state index is -1.84. The van der Waals surface area contributed by atoms with Crippen LogP contribution in [-0.4, -0.2) is 155 Å². The summed E-state index contributed by atoms with van der Waals surface area (Å²) in [5.74, 6) is -9.86. The molecule has 30 heteroatoms. The van der Waals surface area contributed by atoms with Crippen molar-refractivity contribution in [3.8, 4) is 5.75 Å². The first-order valence-corrected chi connectivity index (χ1v) is 29.9. The Bertz CT molecular complexity index is 3260. The van der Waals surface area contributed by atoms with Gasteiger partial charge in [-0.15, -0.1) is 0 Å². The number of likely N-dealkylation sites (tertiary alicyclic amines) is 1. The lowest BCUT2D eigenvalue weighted by Gasteiger charge is -2.31. The van der Waals surface area contributed by atoms with Crippen LogP contribution >= 0.6 is 22.6 Å². The van der Waals surface area contributed by atoms with Crippen molar-refractivity contribution in [2.45, 2.75) is 125 Å². The third-order valence-electron chi connectivity index (χ3n) is 14.4. The van der Waals surface area contributed by atoms with E-state index in [4.69, 9.17) is 45.9 Å². The molecule has 1 fully saturated rings. The summed E-state index contributed by atoms with van der Waals surface area (Å²) in [4.78, 5) is 159. The van der Waals surface area contributed by atoms with Crippen molar-refractivity contribution in [2.24, 2.45) is 55.9 Å². The Labute approximate surface area is 532 Å². The maximum absolute atomic E-state index is 14.7. The van der Waals surface area contributed by atoms with Crippen molar-refractivity contribution in [1.29, 1.82) is 0 Å². The Morgan fingerprint density at radius 3 is 1.60 bits per heavy atom.